The number of rotatable bonds is 8. The third-order valence-electron chi connectivity index (χ3n) is 4.87. The molecule has 5 nitrogen and oxygen atoms in total. The van der Waals surface area contributed by atoms with Crippen LogP contribution in [0.1, 0.15) is 30.0 Å². The van der Waals surface area contributed by atoms with Crippen LogP contribution in [0.3, 0.4) is 0 Å². The summed E-state index contributed by atoms with van der Waals surface area (Å²) in [5.74, 6) is 1.14. The Labute approximate surface area is 175 Å². The fourth-order valence-corrected chi connectivity index (χ4v) is 4.14. The largest absolute Gasteiger partial charge is 0.493 e. The molecule has 152 valence electrons. The van der Waals surface area contributed by atoms with Gasteiger partial charge in [-0.15, -0.1) is 0 Å². The van der Waals surface area contributed by atoms with Gasteiger partial charge in [-0.2, -0.15) is 0 Å². The van der Waals surface area contributed by atoms with Crippen molar-refractivity contribution < 1.29 is 19.1 Å². The van der Waals surface area contributed by atoms with E-state index in [0.29, 0.717) is 35.8 Å². The summed E-state index contributed by atoms with van der Waals surface area (Å²) in [5, 5.41) is -0.218. The van der Waals surface area contributed by atoms with Crippen LogP contribution in [0.25, 0.3) is 6.08 Å². The molecule has 6 heteroatoms. The molecular formula is C23H25NO4S. The summed E-state index contributed by atoms with van der Waals surface area (Å²) >= 11 is 1.00. The van der Waals surface area contributed by atoms with E-state index in [1.165, 1.54) is 10.5 Å². The van der Waals surface area contributed by atoms with Crippen molar-refractivity contribution in [2.45, 2.75) is 26.2 Å². The number of carbonyl (C=O) groups is 2. The number of hydrogen-bond donors (Lipinski definition) is 0. The lowest BCUT2D eigenvalue weighted by molar-refractivity contribution is -0.122. The molecule has 0 spiro atoms. The van der Waals surface area contributed by atoms with Gasteiger partial charge in [-0.05, 0) is 59.9 Å². The van der Waals surface area contributed by atoms with Crippen LogP contribution in [0, 0.1) is 0 Å². The third kappa shape index (κ3) is 4.82. The minimum Gasteiger partial charge on any atom is -0.493 e. The Hall–Kier alpha value is -2.73. The first-order valence-electron chi connectivity index (χ1n) is 9.61. The van der Waals surface area contributed by atoms with Crippen LogP contribution in [0.5, 0.6) is 11.5 Å². The van der Waals surface area contributed by atoms with Crippen LogP contribution >= 0.6 is 11.8 Å². The topological polar surface area (TPSA) is 55.8 Å². The number of aryl methyl sites for hydroxylation is 2. The number of hydrogen-bond acceptors (Lipinski definition) is 5. The number of imide groups is 1. The van der Waals surface area contributed by atoms with Gasteiger partial charge in [0.15, 0.2) is 11.5 Å². The molecule has 0 atom stereocenters. The molecule has 0 saturated carbocycles. The SMILES string of the molecule is CCc1ccc(C=C2SC(=O)N(CCCc3cccc(OC)c3OC)C2=O)cc1. The second kappa shape index (κ2) is 9.65. The number of benzene rings is 2. The maximum atomic E-state index is 12.7. The quantitative estimate of drug-likeness (QED) is 0.576. The van der Waals surface area contributed by atoms with E-state index in [4.69, 9.17) is 9.47 Å². The molecule has 1 saturated heterocycles. The maximum absolute atomic E-state index is 12.7. The van der Waals surface area contributed by atoms with Crippen molar-refractivity contribution >= 4 is 29.0 Å². The molecule has 0 aliphatic carbocycles. The van der Waals surface area contributed by atoms with E-state index in [2.05, 4.69) is 6.92 Å². The molecular weight excluding hydrogens is 386 g/mol. The van der Waals surface area contributed by atoms with Gasteiger partial charge in [0, 0.05) is 6.54 Å². The zero-order chi connectivity index (χ0) is 20.8. The number of carbonyl (C=O) groups excluding carboxylic acids is 2. The summed E-state index contributed by atoms with van der Waals surface area (Å²) in [4.78, 5) is 26.8. The van der Waals surface area contributed by atoms with E-state index in [-0.39, 0.29) is 11.1 Å². The van der Waals surface area contributed by atoms with Crippen molar-refractivity contribution in [3.8, 4) is 11.5 Å². The van der Waals surface area contributed by atoms with Gasteiger partial charge in [-0.25, -0.2) is 0 Å². The molecule has 0 N–H and O–H groups in total. The molecule has 3 rings (SSSR count). The number of methoxy groups -OCH3 is 2. The Kier molecular flexibility index (Phi) is 6.99. The van der Waals surface area contributed by atoms with Crippen molar-refractivity contribution in [1.82, 2.24) is 4.90 Å². The maximum Gasteiger partial charge on any atom is 0.293 e. The Morgan fingerprint density at radius 3 is 2.45 bits per heavy atom. The smallest absolute Gasteiger partial charge is 0.293 e. The van der Waals surface area contributed by atoms with Gasteiger partial charge in [0.05, 0.1) is 19.1 Å². The van der Waals surface area contributed by atoms with Crippen LogP contribution in [-0.2, 0) is 17.6 Å². The van der Waals surface area contributed by atoms with Crippen molar-refractivity contribution in [2.24, 2.45) is 0 Å². The molecule has 0 unspecified atom stereocenters. The second-order valence-corrected chi connectivity index (χ2v) is 7.68. The Bertz CT molecular complexity index is 921. The van der Waals surface area contributed by atoms with Gasteiger partial charge in [-0.1, -0.05) is 43.3 Å². The Morgan fingerprint density at radius 2 is 1.79 bits per heavy atom. The first kappa shape index (κ1) is 21.0. The minimum absolute atomic E-state index is 0.218. The van der Waals surface area contributed by atoms with Crippen LogP contribution < -0.4 is 9.47 Å². The van der Waals surface area contributed by atoms with Gasteiger partial charge in [0.2, 0.25) is 0 Å². The van der Waals surface area contributed by atoms with E-state index in [1.807, 2.05) is 42.5 Å². The summed E-state index contributed by atoms with van der Waals surface area (Å²) in [6.45, 7) is 2.47. The highest BCUT2D eigenvalue weighted by molar-refractivity contribution is 8.18. The molecule has 1 aliphatic heterocycles. The van der Waals surface area contributed by atoms with Gasteiger partial charge < -0.3 is 9.47 Å². The third-order valence-corrected chi connectivity index (χ3v) is 5.78. The Morgan fingerprint density at radius 1 is 1.03 bits per heavy atom. The van der Waals surface area contributed by atoms with Gasteiger partial charge in [-0.3, -0.25) is 14.5 Å². The number of ether oxygens (including phenoxy) is 2. The predicted molar refractivity (Wildman–Crippen MR) is 116 cm³/mol. The predicted octanol–water partition coefficient (Wildman–Crippen LogP) is 4.94. The van der Waals surface area contributed by atoms with Crippen LogP contribution in [0.4, 0.5) is 4.79 Å². The van der Waals surface area contributed by atoms with Crippen molar-refractivity contribution in [2.75, 3.05) is 20.8 Å². The number of para-hydroxylation sites is 1. The molecule has 1 aliphatic rings. The number of amides is 2. The highest BCUT2D eigenvalue weighted by Gasteiger charge is 2.34. The van der Waals surface area contributed by atoms with Crippen molar-refractivity contribution in [1.29, 1.82) is 0 Å². The van der Waals surface area contributed by atoms with Gasteiger partial charge in [0.1, 0.15) is 0 Å². The zero-order valence-corrected chi connectivity index (χ0v) is 17.8. The highest BCUT2D eigenvalue weighted by atomic mass is 32.2. The van der Waals surface area contributed by atoms with E-state index in [1.54, 1.807) is 20.3 Å². The summed E-state index contributed by atoms with van der Waals surface area (Å²) in [6, 6.07) is 13.7. The monoisotopic (exact) mass is 411 g/mol. The van der Waals surface area contributed by atoms with Crippen LogP contribution in [-0.4, -0.2) is 36.8 Å². The van der Waals surface area contributed by atoms with E-state index < -0.39 is 0 Å². The lowest BCUT2D eigenvalue weighted by atomic mass is 10.1. The van der Waals surface area contributed by atoms with Crippen LogP contribution in [0.15, 0.2) is 47.4 Å². The fraction of sp³-hybridized carbons (Fsp3) is 0.304. The van der Waals surface area contributed by atoms with Gasteiger partial charge >= 0.3 is 0 Å². The van der Waals surface area contributed by atoms with Gasteiger partial charge in [0.25, 0.3) is 11.1 Å². The Balaban J connectivity index is 1.64. The minimum atomic E-state index is -0.225. The standard InChI is InChI=1S/C23H25NO4S/c1-4-16-10-12-17(13-11-16)15-20-22(25)24(23(26)29-20)14-6-8-18-7-5-9-19(27-2)21(18)28-3/h5,7,9-13,15H,4,6,8,14H2,1-3H3. The summed E-state index contributed by atoms with van der Waals surface area (Å²) in [5.41, 5.74) is 3.16. The average molecular weight is 412 g/mol. The van der Waals surface area contributed by atoms with Crippen molar-refractivity contribution in [3.05, 3.63) is 64.1 Å². The molecule has 29 heavy (non-hydrogen) atoms. The molecule has 0 aromatic heterocycles. The van der Waals surface area contributed by atoms with E-state index >= 15 is 0 Å². The molecule has 1 heterocycles. The molecule has 2 amide bonds. The molecule has 1 fully saturated rings. The number of thioether (sulfide) groups is 1. The average Bonchev–Trinajstić information content (AvgIpc) is 3.01. The first-order valence-corrected chi connectivity index (χ1v) is 10.4. The van der Waals surface area contributed by atoms with Crippen LogP contribution in [0.2, 0.25) is 0 Å². The summed E-state index contributed by atoms with van der Waals surface area (Å²) in [6.07, 6.45) is 4.09. The normalized spacial score (nSPS) is 15.3. The highest BCUT2D eigenvalue weighted by Crippen LogP contribution is 2.34. The zero-order valence-electron chi connectivity index (χ0n) is 16.9. The van der Waals surface area contributed by atoms with Crippen molar-refractivity contribution in [3.63, 3.8) is 0 Å². The molecule has 2 aromatic rings. The van der Waals surface area contributed by atoms with E-state index in [0.717, 1.165) is 29.3 Å². The molecule has 2 aromatic carbocycles. The molecule has 0 bridgehead atoms. The second-order valence-electron chi connectivity index (χ2n) is 6.68. The summed E-state index contributed by atoms with van der Waals surface area (Å²) in [7, 11) is 3.21. The fourth-order valence-electron chi connectivity index (χ4n) is 3.27. The number of nitrogens with zero attached hydrogens (tertiary/aromatic N) is 1. The first-order chi connectivity index (χ1) is 14.1. The lowest BCUT2D eigenvalue weighted by Crippen LogP contribution is -2.29. The molecule has 0 radical (unpaired) electrons. The summed E-state index contributed by atoms with van der Waals surface area (Å²) < 4.78 is 10.8. The van der Waals surface area contributed by atoms with E-state index in [9.17, 15) is 9.59 Å². The lowest BCUT2D eigenvalue weighted by Gasteiger charge is -2.15.